The van der Waals surface area contributed by atoms with Crippen molar-refractivity contribution in [3.63, 3.8) is 0 Å². The van der Waals surface area contributed by atoms with Crippen molar-refractivity contribution in [1.82, 2.24) is 14.9 Å². The number of hydrogen-bond donors (Lipinski definition) is 1. The molecule has 1 aromatic heterocycles. The van der Waals surface area contributed by atoms with Gasteiger partial charge in [-0.2, -0.15) is 8.78 Å². The molecule has 9 heteroatoms. The van der Waals surface area contributed by atoms with Gasteiger partial charge >= 0.3 is 6.61 Å². The van der Waals surface area contributed by atoms with Crippen LogP contribution in [0.4, 0.5) is 20.3 Å². The topological polar surface area (TPSA) is 70.6 Å². The Morgan fingerprint density at radius 3 is 2.69 bits per heavy atom. The molecule has 1 fully saturated rings. The van der Waals surface area contributed by atoms with Gasteiger partial charge in [-0.25, -0.2) is 9.97 Å². The van der Waals surface area contributed by atoms with E-state index in [1.807, 2.05) is 0 Å². The molecule has 3 rings (SSSR count). The van der Waals surface area contributed by atoms with Crippen LogP contribution in [0.25, 0.3) is 0 Å². The molecule has 0 saturated carbocycles. The molecule has 0 unspecified atom stereocenters. The lowest BCUT2D eigenvalue weighted by Crippen LogP contribution is -2.44. The van der Waals surface area contributed by atoms with Gasteiger partial charge in [0.15, 0.2) is 0 Å². The zero-order valence-corrected chi connectivity index (χ0v) is 14.2. The van der Waals surface area contributed by atoms with E-state index in [0.29, 0.717) is 11.5 Å². The maximum Gasteiger partial charge on any atom is 0.387 e. The van der Waals surface area contributed by atoms with Gasteiger partial charge in [-0.15, -0.1) is 0 Å². The summed E-state index contributed by atoms with van der Waals surface area (Å²) in [5.41, 5.74) is 0.544. The molecule has 2 aromatic rings. The van der Waals surface area contributed by atoms with Gasteiger partial charge in [0.2, 0.25) is 0 Å². The highest BCUT2D eigenvalue weighted by Crippen LogP contribution is 2.20. The van der Waals surface area contributed by atoms with Crippen molar-refractivity contribution in [1.29, 1.82) is 0 Å². The largest absolute Gasteiger partial charge is 0.435 e. The van der Waals surface area contributed by atoms with Crippen molar-refractivity contribution < 1.29 is 18.3 Å². The Balaban J connectivity index is 1.69. The van der Waals surface area contributed by atoms with Gasteiger partial charge in [0.1, 0.15) is 23.6 Å². The zero-order valence-electron chi connectivity index (χ0n) is 14.2. The summed E-state index contributed by atoms with van der Waals surface area (Å²) < 4.78 is 28.9. The van der Waals surface area contributed by atoms with Crippen LogP contribution in [0.15, 0.2) is 36.7 Å². The number of halogens is 2. The molecule has 0 atom stereocenters. The molecule has 26 heavy (non-hydrogen) atoms. The monoisotopic (exact) mass is 363 g/mol. The van der Waals surface area contributed by atoms with Crippen molar-refractivity contribution in [3.05, 3.63) is 42.4 Å². The van der Waals surface area contributed by atoms with Gasteiger partial charge in [-0.1, -0.05) is 6.07 Å². The Labute approximate surface area is 149 Å². The van der Waals surface area contributed by atoms with Gasteiger partial charge < -0.3 is 19.9 Å². The number of nitrogens with one attached hydrogen (secondary N) is 1. The summed E-state index contributed by atoms with van der Waals surface area (Å²) in [6, 6.07) is 7.44. The molecule has 0 aliphatic carbocycles. The first-order valence-corrected chi connectivity index (χ1v) is 8.13. The number of aromatic nitrogens is 2. The molecule has 1 aliphatic rings. The Kier molecular flexibility index (Phi) is 5.57. The lowest BCUT2D eigenvalue weighted by molar-refractivity contribution is -0.0497. The molecule has 2 heterocycles. The van der Waals surface area contributed by atoms with Gasteiger partial charge in [0.05, 0.1) is 0 Å². The highest BCUT2D eigenvalue weighted by atomic mass is 19.3. The van der Waals surface area contributed by atoms with Crippen molar-refractivity contribution in [2.45, 2.75) is 6.61 Å². The van der Waals surface area contributed by atoms with E-state index in [9.17, 15) is 13.6 Å². The molecule has 1 aromatic carbocycles. The number of piperazine rings is 1. The maximum absolute atomic E-state index is 12.4. The van der Waals surface area contributed by atoms with E-state index in [0.717, 1.165) is 26.2 Å². The number of benzene rings is 1. The van der Waals surface area contributed by atoms with Crippen LogP contribution < -0.4 is 15.0 Å². The van der Waals surface area contributed by atoms with Gasteiger partial charge in [-0.3, -0.25) is 4.79 Å². The number of likely N-dealkylation sites (N-methyl/N-ethyl adjacent to an activating group) is 1. The molecule has 1 saturated heterocycles. The van der Waals surface area contributed by atoms with Crippen molar-refractivity contribution in [2.24, 2.45) is 0 Å². The fraction of sp³-hybridized carbons (Fsp3) is 0.353. The van der Waals surface area contributed by atoms with E-state index >= 15 is 0 Å². The first-order valence-electron chi connectivity index (χ1n) is 8.13. The minimum Gasteiger partial charge on any atom is -0.435 e. The van der Waals surface area contributed by atoms with E-state index in [4.69, 9.17) is 0 Å². The van der Waals surface area contributed by atoms with E-state index in [1.54, 1.807) is 12.1 Å². The van der Waals surface area contributed by atoms with Gasteiger partial charge in [-0.05, 0) is 19.2 Å². The number of alkyl halides is 2. The number of rotatable bonds is 5. The molecule has 1 aliphatic heterocycles. The van der Waals surface area contributed by atoms with Crippen LogP contribution in [0.1, 0.15) is 10.5 Å². The number of carbonyl (C=O) groups is 1. The molecular formula is C17H19F2N5O2. The van der Waals surface area contributed by atoms with Gasteiger partial charge in [0, 0.05) is 44.0 Å². The standard InChI is InChI=1S/C17H19F2N5O2/c1-23-5-7-24(8-6-23)15-10-14(20-11-21-15)16(25)22-12-3-2-4-13(9-12)26-17(18)19/h2-4,9-11,17H,5-8H2,1H3,(H,22,25). The zero-order chi connectivity index (χ0) is 18.5. The number of ether oxygens (including phenoxy) is 1. The van der Waals surface area contributed by atoms with Crippen molar-refractivity contribution >= 4 is 17.4 Å². The van der Waals surface area contributed by atoms with Crippen LogP contribution in [0.2, 0.25) is 0 Å². The van der Waals surface area contributed by atoms with Crippen LogP contribution in [-0.4, -0.2) is 60.6 Å². The highest BCUT2D eigenvalue weighted by molar-refractivity contribution is 6.03. The summed E-state index contributed by atoms with van der Waals surface area (Å²) in [7, 11) is 2.06. The van der Waals surface area contributed by atoms with Crippen LogP contribution in [0.5, 0.6) is 5.75 Å². The predicted octanol–water partition coefficient (Wildman–Crippen LogP) is 2.08. The fourth-order valence-corrected chi connectivity index (χ4v) is 2.62. The molecule has 0 spiro atoms. The lowest BCUT2D eigenvalue weighted by atomic mass is 10.2. The summed E-state index contributed by atoms with van der Waals surface area (Å²) in [4.78, 5) is 25.0. The maximum atomic E-state index is 12.4. The Bertz CT molecular complexity index is 766. The van der Waals surface area contributed by atoms with Crippen LogP contribution in [0, 0.1) is 0 Å². The van der Waals surface area contributed by atoms with Crippen LogP contribution >= 0.6 is 0 Å². The first kappa shape index (κ1) is 18.0. The minimum atomic E-state index is -2.92. The summed E-state index contributed by atoms with van der Waals surface area (Å²) in [6.45, 7) is 0.558. The van der Waals surface area contributed by atoms with Crippen molar-refractivity contribution in [3.8, 4) is 5.75 Å². The third-order valence-electron chi connectivity index (χ3n) is 4.03. The fourth-order valence-electron chi connectivity index (χ4n) is 2.62. The molecule has 7 nitrogen and oxygen atoms in total. The third kappa shape index (κ3) is 4.63. The van der Waals surface area contributed by atoms with Crippen molar-refractivity contribution in [2.75, 3.05) is 43.4 Å². The molecule has 138 valence electrons. The molecular weight excluding hydrogens is 344 g/mol. The second-order valence-corrected chi connectivity index (χ2v) is 5.91. The summed E-state index contributed by atoms with van der Waals surface area (Å²) in [5, 5.41) is 2.63. The SMILES string of the molecule is CN1CCN(c2cc(C(=O)Nc3cccc(OC(F)F)c3)ncn2)CC1. The number of carbonyl (C=O) groups excluding carboxylic acids is 1. The molecule has 1 N–H and O–H groups in total. The third-order valence-corrected chi connectivity index (χ3v) is 4.03. The lowest BCUT2D eigenvalue weighted by Gasteiger charge is -2.33. The number of nitrogens with zero attached hydrogens (tertiary/aromatic N) is 4. The van der Waals surface area contributed by atoms with E-state index in [1.165, 1.54) is 24.5 Å². The summed E-state index contributed by atoms with van der Waals surface area (Å²) >= 11 is 0. The summed E-state index contributed by atoms with van der Waals surface area (Å²) in [5.74, 6) is 0.212. The Hall–Kier alpha value is -2.81. The molecule has 1 amide bonds. The van der Waals surface area contributed by atoms with Crippen LogP contribution in [0.3, 0.4) is 0 Å². The van der Waals surface area contributed by atoms with Gasteiger partial charge in [0.25, 0.3) is 5.91 Å². The number of amides is 1. The number of hydrogen-bond acceptors (Lipinski definition) is 6. The average Bonchev–Trinajstić information content (AvgIpc) is 2.62. The molecule has 0 bridgehead atoms. The number of anilines is 2. The average molecular weight is 363 g/mol. The Morgan fingerprint density at radius 1 is 1.19 bits per heavy atom. The second-order valence-electron chi connectivity index (χ2n) is 5.91. The van der Waals surface area contributed by atoms with Crippen LogP contribution in [-0.2, 0) is 0 Å². The smallest absolute Gasteiger partial charge is 0.387 e. The minimum absolute atomic E-state index is 0.0291. The summed E-state index contributed by atoms with van der Waals surface area (Å²) in [6.07, 6.45) is 1.35. The Morgan fingerprint density at radius 2 is 1.96 bits per heavy atom. The normalized spacial score (nSPS) is 15.2. The van der Waals surface area contributed by atoms with E-state index < -0.39 is 12.5 Å². The highest BCUT2D eigenvalue weighted by Gasteiger charge is 2.17. The molecule has 0 radical (unpaired) electrons. The van der Waals surface area contributed by atoms with E-state index in [2.05, 4.69) is 36.9 Å². The second kappa shape index (κ2) is 8.05. The first-order chi connectivity index (χ1) is 12.5. The van der Waals surface area contributed by atoms with E-state index in [-0.39, 0.29) is 11.4 Å². The quantitative estimate of drug-likeness (QED) is 0.877. The predicted molar refractivity (Wildman–Crippen MR) is 92.8 cm³/mol.